The summed E-state index contributed by atoms with van der Waals surface area (Å²) in [5, 5.41) is 10.1. The maximum atomic E-state index is 12.9. The molecule has 1 saturated heterocycles. The number of ether oxygens (including phenoxy) is 1. The van der Waals surface area contributed by atoms with Crippen molar-refractivity contribution in [1.29, 1.82) is 0 Å². The van der Waals surface area contributed by atoms with E-state index in [2.05, 4.69) is 0 Å². The van der Waals surface area contributed by atoms with Gasteiger partial charge in [0.2, 0.25) is 5.91 Å². The summed E-state index contributed by atoms with van der Waals surface area (Å²) in [6, 6.07) is 6.00. The van der Waals surface area contributed by atoms with Crippen LogP contribution in [-0.4, -0.2) is 47.8 Å². The third-order valence-electron chi connectivity index (χ3n) is 4.78. The average Bonchev–Trinajstić information content (AvgIpc) is 2.95. The van der Waals surface area contributed by atoms with Crippen molar-refractivity contribution in [3.8, 4) is 0 Å². The fraction of sp³-hybridized carbons (Fsp3) is 0.588. The highest BCUT2D eigenvalue weighted by molar-refractivity contribution is 5.79. The van der Waals surface area contributed by atoms with Crippen molar-refractivity contribution in [2.45, 2.75) is 37.8 Å². The summed E-state index contributed by atoms with van der Waals surface area (Å²) in [5.41, 5.74) is 0.809. The highest BCUT2D eigenvalue weighted by Crippen LogP contribution is 2.32. The van der Waals surface area contributed by atoms with Gasteiger partial charge in [0.05, 0.1) is 31.8 Å². The Morgan fingerprint density at radius 2 is 2.09 bits per heavy atom. The number of nitrogens with zero attached hydrogens (tertiary/aromatic N) is 1. The van der Waals surface area contributed by atoms with E-state index in [9.17, 15) is 14.3 Å². The van der Waals surface area contributed by atoms with E-state index < -0.39 is 0 Å². The van der Waals surface area contributed by atoms with Gasteiger partial charge in [-0.3, -0.25) is 4.79 Å². The van der Waals surface area contributed by atoms with Crippen LogP contribution in [-0.2, 0) is 16.0 Å². The molecule has 2 aliphatic rings. The number of benzene rings is 1. The van der Waals surface area contributed by atoms with Crippen LogP contribution in [0.3, 0.4) is 0 Å². The third-order valence-corrected chi connectivity index (χ3v) is 4.78. The number of hydrogen-bond donors (Lipinski definition) is 1. The number of halogens is 1. The van der Waals surface area contributed by atoms with Gasteiger partial charge in [-0.25, -0.2) is 4.39 Å². The van der Waals surface area contributed by atoms with Crippen LogP contribution in [0, 0.1) is 11.7 Å². The van der Waals surface area contributed by atoms with Crippen LogP contribution in [0.2, 0.25) is 0 Å². The molecule has 22 heavy (non-hydrogen) atoms. The van der Waals surface area contributed by atoms with Crippen LogP contribution in [0.25, 0.3) is 0 Å². The molecule has 1 aromatic rings. The largest absolute Gasteiger partial charge is 0.393 e. The standard InChI is InChI=1S/C17H22FNO3/c18-13-6-4-12(5-7-13)10-17(21)19-8-9-22-11-15(19)14-2-1-3-16(14)20/h4-7,14-16,20H,1-3,8-11H2/t14-,15-,16-/m1/s1. The van der Waals surface area contributed by atoms with Crippen LogP contribution in [0.15, 0.2) is 24.3 Å². The Balaban J connectivity index is 1.69. The molecule has 2 fully saturated rings. The normalized spacial score (nSPS) is 28.8. The molecule has 1 amide bonds. The quantitative estimate of drug-likeness (QED) is 0.926. The molecule has 0 spiro atoms. The summed E-state index contributed by atoms with van der Waals surface area (Å²) < 4.78 is 18.5. The molecule has 1 aliphatic heterocycles. The van der Waals surface area contributed by atoms with Crippen molar-refractivity contribution in [2.24, 2.45) is 5.92 Å². The van der Waals surface area contributed by atoms with Crippen LogP contribution in [0.1, 0.15) is 24.8 Å². The zero-order chi connectivity index (χ0) is 15.5. The maximum absolute atomic E-state index is 12.9. The Labute approximate surface area is 129 Å². The van der Waals surface area contributed by atoms with Gasteiger partial charge in [-0.15, -0.1) is 0 Å². The van der Waals surface area contributed by atoms with Gasteiger partial charge in [0.15, 0.2) is 0 Å². The number of aliphatic hydroxyl groups is 1. The van der Waals surface area contributed by atoms with Crippen molar-refractivity contribution in [3.63, 3.8) is 0 Å². The molecule has 4 nitrogen and oxygen atoms in total. The Morgan fingerprint density at radius 3 is 2.77 bits per heavy atom. The Kier molecular flexibility index (Phi) is 4.74. The van der Waals surface area contributed by atoms with Crippen LogP contribution in [0.4, 0.5) is 4.39 Å². The summed E-state index contributed by atoms with van der Waals surface area (Å²) in [4.78, 5) is 14.5. The minimum Gasteiger partial charge on any atom is -0.393 e. The topological polar surface area (TPSA) is 49.8 Å². The fourth-order valence-electron chi connectivity index (χ4n) is 3.58. The second kappa shape index (κ2) is 6.75. The summed E-state index contributed by atoms with van der Waals surface area (Å²) in [6.07, 6.45) is 2.67. The molecule has 1 saturated carbocycles. The molecule has 5 heteroatoms. The van der Waals surface area contributed by atoms with Gasteiger partial charge in [0, 0.05) is 12.5 Å². The molecular weight excluding hydrogens is 285 g/mol. The SMILES string of the molecule is O=C(Cc1ccc(F)cc1)N1CCOC[C@@H]1[C@H]1CCC[C@H]1O. The molecule has 0 aromatic heterocycles. The van der Waals surface area contributed by atoms with E-state index in [-0.39, 0.29) is 36.2 Å². The zero-order valence-electron chi connectivity index (χ0n) is 12.6. The van der Waals surface area contributed by atoms with Gasteiger partial charge >= 0.3 is 0 Å². The van der Waals surface area contributed by atoms with E-state index in [4.69, 9.17) is 4.74 Å². The maximum Gasteiger partial charge on any atom is 0.227 e. The first kappa shape index (κ1) is 15.4. The molecule has 0 radical (unpaired) electrons. The molecule has 1 N–H and O–H groups in total. The fourth-order valence-corrected chi connectivity index (χ4v) is 3.58. The minimum absolute atomic E-state index is 0.0269. The number of aliphatic hydroxyl groups excluding tert-OH is 1. The van der Waals surface area contributed by atoms with E-state index in [1.54, 1.807) is 12.1 Å². The summed E-state index contributed by atoms with van der Waals surface area (Å²) >= 11 is 0. The van der Waals surface area contributed by atoms with Gasteiger partial charge in [0.1, 0.15) is 5.82 Å². The second-order valence-electron chi connectivity index (χ2n) is 6.19. The monoisotopic (exact) mass is 307 g/mol. The smallest absolute Gasteiger partial charge is 0.227 e. The lowest BCUT2D eigenvalue weighted by atomic mass is 9.93. The first-order valence-electron chi connectivity index (χ1n) is 7.95. The number of hydrogen-bond acceptors (Lipinski definition) is 3. The molecule has 1 heterocycles. The van der Waals surface area contributed by atoms with Crippen LogP contribution in [0.5, 0.6) is 0 Å². The molecule has 1 aromatic carbocycles. The van der Waals surface area contributed by atoms with Crippen molar-refractivity contribution in [2.75, 3.05) is 19.8 Å². The van der Waals surface area contributed by atoms with Gasteiger partial charge in [0.25, 0.3) is 0 Å². The first-order valence-corrected chi connectivity index (χ1v) is 7.95. The number of carbonyl (C=O) groups is 1. The van der Waals surface area contributed by atoms with Gasteiger partial charge < -0.3 is 14.7 Å². The van der Waals surface area contributed by atoms with Gasteiger partial charge in [-0.05, 0) is 30.5 Å². The molecule has 3 atom stereocenters. The predicted molar refractivity (Wildman–Crippen MR) is 79.8 cm³/mol. The lowest BCUT2D eigenvalue weighted by molar-refractivity contribution is -0.143. The number of morpholine rings is 1. The summed E-state index contributed by atoms with van der Waals surface area (Å²) in [7, 11) is 0. The number of amides is 1. The second-order valence-corrected chi connectivity index (χ2v) is 6.19. The number of rotatable bonds is 3. The average molecular weight is 307 g/mol. The Hall–Kier alpha value is -1.46. The first-order chi connectivity index (χ1) is 10.6. The van der Waals surface area contributed by atoms with Crippen LogP contribution < -0.4 is 0 Å². The van der Waals surface area contributed by atoms with Gasteiger partial charge in [-0.1, -0.05) is 18.6 Å². The highest BCUT2D eigenvalue weighted by Gasteiger charge is 2.39. The Bertz CT molecular complexity index is 519. The van der Waals surface area contributed by atoms with E-state index in [0.29, 0.717) is 19.8 Å². The summed E-state index contributed by atoms with van der Waals surface area (Å²) in [5.74, 6) is -0.161. The predicted octanol–water partition coefficient (Wildman–Crippen LogP) is 1.76. The van der Waals surface area contributed by atoms with E-state index >= 15 is 0 Å². The number of carbonyl (C=O) groups excluding carboxylic acids is 1. The Morgan fingerprint density at radius 1 is 1.32 bits per heavy atom. The third kappa shape index (κ3) is 3.31. The lowest BCUT2D eigenvalue weighted by Crippen LogP contribution is -2.54. The molecule has 0 unspecified atom stereocenters. The van der Waals surface area contributed by atoms with Gasteiger partial charge in [-0.2, -0.15) is 0 Å². The van der Waals surface area contributed by atoms with Crippen molar-refractivity contribution < 1.29 is 19.0 Å². The summed E-state index contributed by atoms with van der Waals surface area (Å²) in [6.45, 7) is 1.60. The molecule has 1 aliphatic carbocycles. The molecule has 120 valence electrons. The van der Waals surface area contributed by atoms with Crippen molar-refractivity contribution >= 4 is 5.91 Å². The molecular formula is C17H22FNO3. The molecule has 3 rings (SSSR count). The van der Waals surface area contributed by atoms with E-state index in [1.165, 1.54) is 12.1 Å². The van der Waals surface area contributed by atoms with E-state index in [1.807, 2.05) is 4.90 Å². The minimum atomic E-state index is -0.340. The van der Waals surface area contributed by atoms with Crippen molar-refractivity contribution in [1.82, 2.24) is 4.90 Å². The van der Waals surface area contributed by atoms with E-state index in [0.717, 1.165) is 24.8 Å². The van der Waals surface area contributed by atoms with Crippen molar-refractivity contribution in [3.05, 3.63) is 35.6 Å². The zero-order valence-corrected chi connectivity index (χ0v) is 12.6. The lowest BCUT2D eigenvalue weighted by Gasteiger charge is -2.40. The molecule has 0 bridgehead atoms. The highest BCUT2D eigenvalue weighted by atomic mass is 19.1. The van der Waals surface area contributed by atoms with Crippen LogP contribution >= 0.6 is 0 Å².